The Balaban J connectivity index is 1.68. The van der Waals surface area contributed by atoms with Crippen LogP contribution in [0.25, 0.3) is 11.1 Å². The molecule has 0 spiro atoms. The van der Waals surface area contributed by atoms with Crippen LogP contribution in [0.4, 0.5) is 4.79 Å². The largest absolute Gasteiger partial charge is 0.480 e. The molecular weight excluding hydrogens is 583 g/mol. The summed E-state index contributed by atoms with van der Waals surface area (Å²) in [5, 5.41) is 16.6. The van der Waals surface area contributed by atoms with Gasteiger partial charge in [0, 0.05) is 16.4 Å². The van der Waals surface area contributed by atoms with E-state index in [1.165, 1.54) is 22.6 Å². The summed E-state index contributed by atoms with van der Waals surface area (Å²) in [6, 6.07) is 14.1. The number of benzene rings is 2. The number of amides is 3. The molecule has 12 heteroatoms. The predicted octanol–water partition coefficient (Wildman–Crippen LogP) is 4.51. The third kappa shape index (κ3) is 9.89. The number of nitrogens with one attached hydrogen (secondary N) is 3. The van der Waals surface area contributed by atoms with Crippen molar-refractivity contribution in [2.24, 2.45) is 0 Å². The molecule has 0 aliphatic heterocycles. The van der Waals surface area contributed by atoms with Gasteiger partial charge in [0.15, 0.2) is 0 Å². The molecule has 2 aromatic rings. The lowest BCUT2D eigenvalue weighted by molar-refractivity contribution is -0.138. The Bertz CT molecular complexity index is 1190. The number of thioether (sulfide) groups is 1. The highest BCUT2D eigenvalue weighted by molar-refractivity contribution is 8.77. The topological polar surface area (TPSA) is 134 Å². The van der Waals surface area contributed by atoms with Gasteiger partial charge in [-0.3, -0.25) is 14.4 Å². The molecule has 3 rings (SSSR count). The van der Waals surface area contributed by atoms with Crippen LogP contribution in [0, 0.1) is 0 Å². The number of carboxylic acid groups (broad SMARTS) is 1. The lowest BCUT2D eigenvalue weighted by Crippen LogP contribution is -2.55. The summed E-state index contributed by atoms with van der Waals surface area (Å²) in [6.07, 6.45) is 1.44. The minimum Gasteiger partial charge on any atom is -0.480 e. The van der Waals surface area contributed by atoms with Crippen molar-refractivity contribution in [2.75, 3.05) is 30.9 Å². The summed E-state index contributed by atoms with van der Waals surface area (Å²) in [5.41, 5.74) is 4.39. The number of carboxylic acids is 1. The van der Waals surface area contributed by atoms with Crippen molar-refractivity contribution < 1.29 is 29.0 Å². The van der Waals surface area contributed by atoms with Gasteiger partial charge in [-0.2, -0.15) is 11.8 Å². The number of ether oxygens (including phenoxy) is 1. The smallest absolute Gasteiger partial charge is 0.407 e. The van der Waals surface area contributed by atoms with Crippen molar-refractivity contribution >= 4 is 57.2 Å². The Kier molecular flexibility index (Phi) is 12.3. The van der Waals surface area contributed by atoms with Gasteiger partial charge in [-0.25, -0.2) is 4.79 Å². The molecule has 0 radical (unpaired) electrons. The summed E-state index contributed by atoms with van der Waals surface area (Å²) < 4.78 is 5.58. The number of alkyl carbamates (subject to hydrolysis) is 1. The van der Waals surface area contributed by atoms with Gasteiger partial charge in [0.05, 0.1) is 0 Å². The molecule has 0 bridgehead atoms. The van der Waals surface area contributed by atoms with Crippen molar-refractivity contribution in [3.63, 3.8) is 0 Å². The predicted molar refractivity (Wildman–Crippen MR) is 167 cm³/mol. The molecule has 0 heterocycles. The fourth-order valence-electron chi connectivity index (χ4n) is 4.31. The van der Waals surface area contributed by atoms with E-state index in [1.54, 1.807) is 10.8 Å². The Labute approximate surface area is 253 Å². The van der Waals surface area contributed by atoms with Crippen LogP contribution in [0.15, 0.2) is 48.5 Å². The van der Waals surface area contributed by atoms with E-state index in [1.807, 2.05) is 63.4 Å². The third-order valence-electron chi connectivity index (χ3n) is 6.15. The van der Waals surface area contributed by atoms with Crippen LogP contribution in [0.2, 0.25) is 0 Å². The number of aliphatic carboxylic acids is 1. The molecule has 3 amide bonds. The van der Waals surface area contributed by atoms with Crippen molar-refractivity contribution in [2.45, 2.75) is 49.9 Å². The summed E-state index contributed by atoms with van der Waals surface area (Å²) >= 11 is 1.50. The molecule has 41 heavy (non-hydrogen) atoms. The zero-order valence-electron chi connectivity index (χ0n) is 23.6. The van der Waals surface area contributed by atoms with Crippen molar-refractivity contribution in [3.05, 3.63) is 59.7 Å². The molecule has 0 unspecified atom stereocenters. The average Bonchev–Trinajstić information content (AvgIpc) is 3.25. The van der Waals surface area contributed by atoms with Crippen LogP contribution in [0.3, 0.4) is 0 Å². The molecule has 9 nitrogen and oxygen atoms in total. The van der Waals surface area contributed by atoms with E-state index in [4.69, 9.17) is 9.84 Å². The van der Waals surface area contributed by atoms with Gasteiger partial charge in [0.1, 0.15) is 25.2 Å². The second-order valence-corrected chi connectivity index (χ2v) is 14.6. The number of hydrogen-bond acceptors (Lipinski definition) is 8. The van der Waals surface area contributed by atoms with E-state index in [9.17, 15) is 19.2 Å². The van der Waals surface area contributed by atoms with Gasteiger partial charge in [0.2, 0.25) is 11.8 Å². The zero-order chi connectivity index (χ0) is 30.0. The summed E-state index contributed by atoms with van der Waals surface area (Å²) in [5.74, 6) is -1.63. The van der Waals surface area contributed by atoms with E-state index >= 15 is 0 Å². The molecule has 2 atom stereocenters. The summed E-state index contributed by atoms with van der Waals surface area (Å²) in [6.45, 7) is 5.69. The van der Waals surface area contributed by atoms with Crippen LogP contribution in [0.5, 0.6) is 0 Å². The van der Waals surface area contributed by atoms with E-state index < -0.39 is 42.5 Å². The van der Waals surface area contributed by atoms with Gasteiger partial charge >= 0.3 is 12.1 Å². The Hall–Kier alpha value is -2.83. The highest BCUT2D eigenvalue weighted by Crippen LogP contribution is 2.44. The molecule has 222 valence electrons. The number of carbonyl (C=O) groups is 4. The van der Waals surface area contributed by atoms with Crippen LogP contribution < -0.4 is 16.0 Å². The van der Waals surface area contributed by atoms with Crippen molar-refractivity contribution in [1.82, 2.24) is 16.0 Å². The molecule has 0 fully saturated rings. The Morgan fingerprint density at radius 3 is 2.10 bits per heavy atom. The maximum absolute atomic E-state index is 13.3. The number of hydrogen-bond donors (Lipinski definition) is 4. The van der Waals surface area contributed by atoms with Gasteiger partial charge < -0.3 is 25.8 Å². The molecule has 1 aliphatic rings. The highest BCUT2D eigenvalue weighted by Gasteiger charge is 2.31. The standard InChI is InChI=1S/C29H37N3O6S3/c1-29(2,3)41-40-17-24(27(36)31-23(13-14-39-4)26(35)30-15-25(33)34)32-28(37)38-16-22-20-11-7-5-9-18(20)19-10-6-8-12-21(19)22/h5-12,22-24H,13-17H2,1-4H3,(H,30,35)(H,31,36)(H,32,37)(H,33,34)/t23-,24-/m0/s1. The zero-order valence-corrected chi connectivity index (χ0v) is 26.0. The molecule has 4 N–H and O–H groups in total. The van der Waals surface area contributed by atoms with Gasteiger partial charge in [0.25, 0.3) is 0 Å². The minimum absolute atomic E-state index is 0.0763. The van der Waals surface area contributed by atoms with Crippen LogP contribution in [-0.4, -0.2) is 76.7 Å². The fraction of sp³-hybridized carbons (Fsp3) is 0.448. The third-order valence-corrected chi connectivity index (χ3v) is 10.1. The lowest BCUT2D eigenvalue weighted by Gasteiger charge is -2.24. The van der Waals surface area contributed by atoms with Crippen molar-refractivity contribution in [3.8, 4) is 11.1 Å². The SMILES string of the molecule is CSCC[C@H](NC(=O)[C@H](CSSC(C)(C)C)NC(=O)OCC1c2ccccc2-c2ccccc21)C(=O)NCC(=O)O. The van der Waals surface area contributed by atoms with Crippen molar-refractivity contribution in [1.29, 1.82) is 0 Å². The second kappa shape index (κ2) is 15.4. The van der Waals surface area contributed by atoms with E-state index in [0.29, 0.717) is 12.2 Å². The Morgan fingerprint density at radius 1 is 0.927 bits per heavy atom. The summed E-state index contributed by atoms with van der Waals surface area (Å²) in [7, 11) is 3.01. The van der Waals surface area contributed by atoms with Crippen LogP contribution >= 0.6 is 33.3 Å². The first-order chi connectivity index (χ1) is 19.5. The Morgan fingerprint density at radius 2 is 1.54 bits per heavy atom. The first-order valence-electron chi connectivity index (χ1n) is 13.2. The quantitative estimate of drug-likeness (QED) is 0.225. The van der Waals surface area contributed by atoms with Crippen LogP contribution in [0.1, 0.15) is 44.2 Å². The van der Waals surface area contributed by atoms with E-state index in [0.717, 1.165) is 22.3 Å². The van der Waals surface area contributed by atoms with Gasteiger partial charge in [-0.05, 0) is 40.7 Å². The van der Waals surface area contributed by atoms with Gasteiger partial charge in [-0.1, -0.05) is 90.9 Å². The average molecular weight is 620 g/mol. The number of carbonyl (C=O) groups excluding carboxylic acids is 3. The normalized spacial score (nSPS) is 13.9. The number of rotatable bonds is 14. The minimum atomic E-state index is -1.18. The summed E-state index contributed by atoms with van der Waals surface area (Å²) in [4.78, 5) is 49.8. The molecule has 0 saturated carbocycles. The number of fused-ring (bicyclic) bond motifs is 3. The molecule has 2 aromatic carbocycles. The monoisotopic (exact) mass is 619 g/mol. The van der Waals surface area contributed by atoms with E-state index in [-0.39, 0.29) is 23.0 Å². The molecular formula is C29H37N3O6S3. The highest BCUT2D eigenvalue weighted by atomic mass is 33.1. The maximum Gasteiger partial charge on any atom is 0.407 e. The maximum atomic E-state index is 13.3. The lowest BCUT2D eigenvalue weighted by atomic mass is 9.98. The fourth-order valence-corrected chi connectivity index (χ4v) is 7.24. The second-order valence-electron chi connectivity index (χ2n) is 10.5. The molecule has 1 aliphatic carbocycles. The van der Waals surface area contributed by atoms with E-state index in [2.05, 4.69) is 28.1 Å². The van der Waals surface area contributed by atoms with Gasteiger partial charge in [-0.15, -0.1) is 0 Å². The first kappa shape index (κ1) is 32.7. The molecule has 0 saturated heterocycles. The first-order valence-corrected chi connectivity index (χ1v) is 16.9. The van der Waals surface area contributed by atoms with Crippen LogP contribution in [-0.2, 0) is 19.1 Å². The molecule has 0 aromatic heterocycles.